The van der Waals surface area contributed by atoms with Gasteiger partial charge in [-0.1, -0.05) is 89.3 Å². The molecule has 0 radical (unpaired) electrons. The minimum atomic E-state index is -0.384. The van der Waals surface area contributed by atoms with Crippen LogP contribution >= 0.6 is 0 Å². The third-order valence-electron chi connectivity index (χ3n) is 14.3. The first-order valence-corrected chi connectivity index (χ1v) is 20.5. The maximum absolute atomic E-state index is 13.4. The zero-order valence-electron chi connectivity index (χ0n) is 32.8. The van der Waals surface area contributed by atoms with Crippen molar-refractivity contribution >= 4 is 22.6 Å². The topological polar surface area (TPSA) is 59.8 Å². The Morgan fingerprint density at radius 3 is 2.40 bits per heavy atom. The van der Waals surface area contributed by atoms with Crippen LogP contribution in [-0.4, -0.2) is 25.2 Å². The molecule has 1 aromatic heterocycles. The lowest BCUT2D eigenvalue weighted by molar-refractivity contribution is 0.00572. The smallest absolute Gasteiger partial charge is 0.344 e. The summed E-state index contributed by atoms with van der Waals surface area (Å²) in [6, 6.07) is 15.1. The van der Waals surface area contributed by atoms with Crippen LogP contribution in [0.4, 0.5) is 5.69 Å². The van der Waals surface area contributed by atoms with E-state index >= 15 is 0 Å². The molecule has 0 amide bonds. The lowest BCUT2D eigenvalue weighted by atomic mass is 9.50. The Morgan fingerprint density at radius 2 is 1.67 bits per heavy atom. The van der Waals surface area contributed by atoms with Crippen molar-refractivity contribution in [2.24, 2.45) is 40.4 Å². The lowest BCUT2D eigenvalue weighted by Crippen LogP contribution is -2.46. The predicted octanol–water partition coefficient (Wildman–Crippen LogP) is 11.8. The first-order valence-electron chi connectivity index (χ1n) is 20.5. The highest BCUT2D eigenvalue weighted by Crippen LogP contribution is 2.66. The lowest BCUT2D eigenvalue weighted by Gasteiger charge is -2.55. The molecule has 7 rings (SSSR count). The van der Waals surface area contributed by atoms with Crippen molar-refractivity contribution in [3.63, 3.8) is 0 Å². The van der Waals surface area contributed by atoms with E-state index in [-0.39, 0.29) is 23.1 Å². The summed E-state index contributed by atoms with van der Waals surface area (Å²) < 4.78 is 11.9. The third-order valence-corrected chi connectivity index (χ3v) is 14.3. The first-order chi connectivity index (χ1) is 24.9. The largest absolute Gasteiger partial charge is 0.458 e. The van der Waals surface area contributed by atoms with E-state index < -0.39 is 0 Å². The Morgan fingerprint density at radius 1 is 0.904 bits per heavy atom. The highest BCUT2D eigenvalue weighted by atomic mass is 16.5. The van der Waals surface area contributed by atoms with E-state index in [2.05, 4.69) is 71.6 Å². The van der Waals surface area contributed by atoms with Gasteiger partial charge < -0.3 is 14.1 Å². The number of benzene rings is 2. The molecule has 0 spiro atoms. The molecule has 4 aliphatic rings. The Kier molecular flexibility index (Phi) is 10.4. The Bertz CT molecular complexity index is 1900. The van der Waals surface area contributed by atoms with Crippen molar-refractivity contribution in [2.75, 3.05) is 18.0 Å². The molecular weight excluding hydrogens is 643 g/mol. The molecule has 0 aliphatic heterocycles. The standard InChI is InChI=1S/C47H61NO4/c1-8-48(9-2)36-19-17-34-27-39(45(50)52-43(34)29-36)32-13-15-33(16-14-32)44(49)51-37-23-25-46(6)35(28-37)18-20-38-41-22-21-40(31(5)12-10-11-30(3)4)47(41,7)26-24-42(38)46/h13-20,27,29-31,37,40-42H,8-12,21-26,28H2,1-7H3/t31-,37+,40-,41+,42?,46+,47-/m1/s1. The van der Waals surface area contributed by atoms with E-state index in [0.717, 1.165) is 66.7 Å². The van der Waals surface area contributed by atoms with Crippen LogP contribution in [0.25, 0.3) is 22.1 Å². The van der Waals surface area contributed by atoms with Crippen molar-refractivity contribution in [3.05, 3.63) is 87.8 Å². The van der Waals surface area contributed by atoms with Crippen LogP contribution in [0.1, 0.15) is 123 Å². The van der Waals surface area contributed by atoms with Gasteiger partial charge in [0.2, 0.25) is 0 Å². The molecule has 5 nitrogen and oxygen atoms in total. The number of carbonyl (C=O) groups is 1. The van der Waals surface area contributed by atoms with Gasteiger partial charge in [-0.25, -0.2) is 9.59 Å². The van der Waals surface area contributed by atoms with E-state index in [1.165, 1.54) is 50.5 Å². The molecule has 0 bridgehead atoms. The van der Waals surface area contributed by atoms with Gasteiger partial charge in [0, 0.05) is 36.7 Å². The van der Waals surface area contributed by atoms with Crippen LogP contribution in [0.15, 0.2) is 81.0 Å². The number of allylic oxidation sites excluding steroid dienone is 3. The van der Waals surface area contributed by atoms with Gasteiger partial charge >= 0.3 is 11.6 Å². The van der Waals surface area contributed by atoms with E-state index in [1.54, 1.807) is 17.7 Å². The fourth-order valence-corrected chi connectivity index (χ4v) is 11.2. The van der Waals surface area contributed by atoms with Crippen molar-refractivity contribution in [1.82, 2.24) is 0 Å². The number of nitrogens with zero attached hydrogens (tertiary/aromatic N) is 1. The SMILES string of the molecule is CCN(CC)c1ccc2cc(-c3ccc(C(=O)O[C@H]4CC[C@@]5(C)C(=CC=C6C5CC[C@]5(C)[C@@H]([C@H](C)CCCC(C)C)CC[C@@H]65)C4)cc3)c(=O)oc2c1. The zero-order valence-corrected chi connectivity index (χ0v) is 32.8. The average Bonchev–Trinajstić information content (AvgIpc) is 3.49. The molecule has 0 N–H and O–H groups in total. The molecule has 5 heteroatoms. The summed E-state index contributed by atoms with van der Waals surface area (Å²) in [5.41, 5.74) is 6.73. The van der Waals surface area contributed by atoms with Gasteiger partial charge in [-0.05, 0) is 129 Å². The Balaban J connectivity index is 1.01. The van der Waals surface area contributed by atoms with E-state index in [0.29, 0.717) is 34.0 Å². The molecule has 4 aliphatic carbocycles. The Hall–Kier alpha value is -3.60. The van der Waals surface area contributed by atoms with E-state index in [4.69, 9.17) is 9.15 Å². The van der Waals surface area contributed by atoms with Gasteiger partial charge in [0.1, 0.15) is 11.7 Å². The first kappa shape index (κ1) is 36.7. The second-order valence-electron chi connectivity index (χ2n) is 17.6. The zero-order chi connectivity index (χ0) is 36.8. The van der Waals surface area contributed by atoms with Crippen LogP contribution < -0.4 is 10.5 Å². The Labute approximate surface area is 311 Å². The van der Waals surface area contributed by atoms with Crippen molar-refractivity contribution in [3.8, 4) is 11.1 Å². The quantitative estimate of drug-likeness (QED) is 0.147. The van der Waals surface area contributed by atoms with Gasteiger partial charge in [-0.15, -0.1) is 0 Å². The van der Waals surface area contributed by atoms with Crippen molar-refractivity contribution in [1.29, 1.82) is 0 Å². The summed E-state index contributed by atoms with van der Waals surface area (Å²) in [6.45, 7) is 18.4. The van der Waals surface area contributed by atoms with Crippen molar-refractivity contribution in [2.45, 2.75) is 119 Å². The highest BCUT2D eigenvalue weighted by molar-refractivity contribution is 5.90. The molecule has 2 aromatic carbocycles. The summed E-state index contributed by atoms with van der Waals surface area (Å²) in [6.07, 6.45) is 17.0. The van der Waals surface area contributed by atoms with Gasteiger partial charge in [-0.3, -0.25) is 0 Å². The maximum atomic E-state index is 13.4. The fraction of sp³-hybridized carbons (Fsp3) is 0.574. The summed E-state index contributed by atoms with van der Waals surface area (Å²) in [5, 5.41) is 0.870. The number of hydrogen-bond donors (Lipinski definition) is 0. The normalized spacial score (nSPS) is 28.8. The number of fused-ring (bicyclic) bond motifs is 6. The number of ether oxygens (including phenoxy) is 1. The van der Waals surface area contributed by atoms with Gasteiger partial charge in [0.05, 0.1) is 11.1 Å². The maximum Gasteiger partial charge on any atom is 0.344 e. The number of rotatable bonds is 11. The van der Waals surface area contributed by atoms with Crippen LogP contribution in [0.3, 0.4) is 0 Å². The van der Waals surface area contributed by atoms with Gasteiger partial charge in [0.15, 0.2) is 0 Å². The van der Waals surface area contributed by atoms with E-state index in [9.17, 15) is 9.59 Å². The highest BCUT2D eigenvalue weighted by Gasteiger charge is 2.57. The molecule has 3 aromatic rings. The summed E-state index contributed by atoms with van der Waals surface area (Å²) >= 11 is 0. The molecule has 7 atom stereocenters. The average molecular weight is 704 g/mol. The van der Waals surface area contributed by atoms with Crippen LogP contribution in [0.2, 0.25) is 0 Å². The predicted molar refractivity (Wildman–Crippen MR) is 214 cm³/mol. The van der Waals surface area contributed by atoms with Gasteiger partial charge in [0.25, 0.3) is 0 Å². The van der Waals surface area contributed by atoms with Crippen LogP contribution in [0.5, 0.6) is 0 Å². The van der Waals surface area contributed by atoms with E-state index in [1.807, 2.05) is 30.3 Å². The fourth-order valence-electron chi connectivity index (χ4n) is 11.2. The minimum absolute atomic E-state index is 0.119. The van der Waals surface area contributed by atoms with Crippen LogP contribution in [0, 0.1) is 40.4 Å². The summed E-state index contributed by atoms with van der Waals surface area (Å²) in [5.74, 6) is 3.47. The summed E-state index contributed by atoms with van der Waals surface area (Å²) in [4.78, 5) is 28.7. The summed E-state index contributed by atoms with van der Waals surface area (Å²) in [7, 11) is 0. The number of anilines is 1. The number of hydrogen-bond acceptors (Lipinski definition) is 5. The molecule has 52 heavy (non-hydrogen) atoms. The number of esters is 1. The molecule has 1 unspecified atom stereocenters. The van der Waals surface area contributed by atoms with Gasteiger partial charge in [-0.2, -0.15) is 0 Å². The second kappa shape index (κ2) is 14.7. The monoisotopic (exact) mass is 703 g/mol. The molecule has 1 heterocycles. The van der Waals surface area contributed by atoms with Crippen LogP contribution in [-0.2, 0) is 4.74 Å². The molecule has 278 valence electrons. The van der Waals surface area contributed by atoms with Crippen molar-refractivity contribution < 1.29 is 13.9 Å². The minimum Gasteiger partial charge on any atom is -0.458 e. The molecule has 3 saturated carbocycles. The molecular formula is C47H61NO4. The third kappa shape index (κ3) is 6.71. The number of carbonyl (C=O) groups excluding carboxylic acids is 1. The second-order valence-corrected chi connectivity index (χ2v) is 17.6. The molecule has 3 fully saturated rings. The molecule has 0 saturated heterocycles.